The van der Waals surface area contributed by atoms with Gasteiger partial charge in [-0.1, -0.05) is 12.1 Å². The van der Waals surface area contributed by atoms with Crippen molar-refractivity contribution < 1.29 is 14.3 Å². The Hall–Kier alpha value is -4.27. The minimum absolute atomic E-state index is 0.226. The lowest BCUT2D eigenvalue weighted by Crippen LogP contribution is -2.26. The van der Waals surface area contributed by atoms with Crippen molar-refractivity contribution in [1.29, 1.82) is 0 Å². The molecule has 0 radical (unpaired) electrons. The highest BCUT2D eigenvalue weighted by molar-refractivity contribution is 6.08. The Morgan fingerprint density at radius 2 is 2.00 bits per heavy atom. The number of nitrogens with zero attached hydrogens (tertiary/aromatic N) is 4. The van der Waals surface area contributed by atoms with Gasteiger partial charge >= 0.3 is 0 Å². The van der Waals surface area contributed by atoms with Crippen molar-refractivity contribution in [2.75, 3.05) is 19.0 Å². The van der Waals surface area contributed by atoms with Crippen LogP contribution >= 0.6 is 0 Å². The van der Waals surface area contributed by atoms with Gasteiger partial charge in [-0.3, -0.25) is 19.6 Å². The van der Waals surface area contributed by atoms with Gasteiger partial charge in [-0.05, 0) is 31.2 Å². The smallest absolute Gasteiger partial charge is 0.253 e. The minimum Gasteiger partial charge on any atom is -0.497 e. The summed E-state index contributed by atoms with van der Waals surface area (Å²) in [7, 11) is 1.62. The van der Waals surface area contributed by atoms with Crippen LogP contribution in [0.3, 0.4) is 0 Å². The summed E-state index contributed by atoms with van der Waals surface area (Å²) in [6, 6.07) is 11.1. The first-order valence-corrected chi connectivity index (χ1v) is 11.0. The van der Waals surface area contributed by atoms with Crippen LogP contribution in [0.2, 0.25) is 0 Å². The lowest BCUT2D eigenvalue weighted by molar-refractivity contribution is -0.114. The van der Waals surface area contributed by atoms with E-state index in [2.05, 4.69) is 20.6 Å². The molecule has 0 aliphatic rings. The number of hydrogen-bond acceptors (Lipinski definition) is 6. The van der Waals surface area contributed by atoms with Gasteiger partial charge in [0.2, 0.25) is 5.91 Å². The van der Waals surface area contributed by atoms with Crippen molar-refractivity contribution in [3.63, 3.8) is 0 Å². The average molecular weight is 459 g/mol. The monoisotopic (exact) mass is 458 g/mol. The minimum atomic E-state index is -0.257. The summed E-state index contributed by atoms with van der Waals surface area (Å²) in [4.78, 5) is 38.1. The number of carbonyl (C=O) groups excluding carboxylic acids is 2. The maximum Gasteiger partial charge on any atom is 0.253 e. The molecule has 2 aromatic carbocycles. The summed E-state index contributed by atoms with van der Waals surface area (Å²) < 4.78 is 7.37. The fourth-order valence-corrected chi connectivity index (χ4v) is 3.87. The molecule has 2 amide bonds. The molecule has 9 heteroatoms. The third-order valence-electron chi connectivity index (χ3n) is 5.33. The van der Waals surface area contributed by atoms with E-state index >= 15 is 0 Å². The van der Waals surface area contributed by atoms with Crippen LogP contribution < -0.4 is 15.4 Å². The second-order valence-corrected chi connectivity index (χ2v) is 7.69. The van der Waals surface area contributed by atoms with Gasteiger partial charge in [0.25, 0.3) is 5.91 Å². The first-order chi connectivity index (χ1) is 16.5. The first kappa shape index (κ1) is 22.9. The SMILES string of the molecule is CCn1c(-c2cccc(OC)c2)nc2cc(NC(C)=O)cc(C(=O)NCCc3cnccn3)c21. The zero-order chi connectivity index (χ0) is 24.1. The molecule has 4 rings (SSSR count). The molecule has 0 aliphatic heterocycles. The Kier molecular flexibility index (Phi) is 6.82. The second kappa shape index (κ2) is 10.1. The maximum absolute atomic E-state index is 13.3. The fourth-order valence-electron chi connectivity index (χ4n) is 3.87. The molecule has 9 nitrogen and oxygen atoms in total. The van der Waals surface area contributed by atoms with E-state index in [9.17, 15) is 9.59 Å². The summed E-state index contributed by atoms with van der Waals surface area (Å²) in [5, 5.41) is 5.73. The van der Waals surface area contributed by atoms with E-state index < -0.39 is 0 Å². The van der Waals surface area contributed by atoms with Gasteiger partial charge in [0.1, 0.15) is 11.6 Å². The topological polar surface area (TPSA) is 111 Å². The standard InChI is InChI=1S/C25H26N6O3/c1-4-31-23-21(25(33)28-9-8-18-15-26-10-11-27-18)13-19(29-16(2)32)14-22(23)30-24(31)17-6-5-7-20(12-17)34-3/h5-7,10-15H,4,8-9H2,1-3H3,(H,28,33)(H,29,32). The number of benzene rings is 2. The van der Waals surface area contributed by atoms with E-state index in [4.69, 9.17) is 9.72 Å². The summed E-state index contributed by atoms with van der Waals surface area (Å²) in [5.41, 5.74) is 3.92. The van der Waals surface area contributed by atoms with Crippen LogP contribution in [0.1, 0.15) is 29.9 Å². The van der Waals surface area contributed by atoms with Crippen LogP contribution in [-0.2, 0) is 17.8 Å². The fraction of sp³-hybridized carbons (Fsp3) is 0.240. The van der Waals surface area contributed by atoms with Crippen LogP contribution in [0.25, 0.3) is 22.4 Å². The number of anilines is 1. The molecule has 4 aromatic rings. The quantitative estimate of drug-likeness (QED) is 0.418. The van der Waals surface area contributed by atoms with Crippen LogP contribution in [0.5, 0.6) is 5.75 Å². The Bertz CT molecular complexity index is 1330. The van der Waals surface area contributed by atoms with Gasteiger partial charge in [-0.25, -0.2) is 4.98 Å². The number of rotatable bonds is 8. The Labute approximate surface area is 197 Å². The highest BCUT2D eigenvalue weighted by Gasteiger charge is 2.20. The number of hydrogen-bond donors (Lipinski definition) is 2. The number of imidazole rings is 1. The zero-order valence-electron chi connectivity index (χ0n) is 19.3. The third kappa shape index (κ3) is 4.88. The molecule has 2 heterocycles. The molecule has 0 saturated carbocycles. The number of carbonyl (C=O) groups is 2. The molecule has 0 unspecified atom stereocenters. The van der Waals surface area contributed by atoms with E-state index in [1.807, 2.05) is 35.8 Å². The van der Waals surface area contributed by atoms with Crippen molar-refractivity contribution in [2.24, 2.45) is 0 Å². The summed E-state index contributed by atoms with van der Waals surface area (Å²) in [6.45, 7) is 4.42. The van der Waals surface area contributed by atoms with Gasteiger partial charge in [0.05, 0.1) is 29.4 Å². The van der Waals surface area contributed by atoms with Crippen LogP contribution in [0, 0.1) is 0 Å². The van der Waals surface area contributed by atoms with Crippen LogP contribution in [0.15, 0.2) is 55.0 Å². The summed E-state index contributed by atoms with van der Waals surface area (Å²) in [6.07, 6.45) is 5.46. The van der Waals surface area contributed by atoms with Crippen molar-refractivity contribution in [1.82, 2.24) is 24.8 Å². The van der Waals surface area contributed by atoms with E-state index in [0.29, 0.717) is 53.4 Å². The summed E-state index contributed by atoms with van der Waals surface area (Å²) >= 11 is 0. The van der Waals surface area contributed by atoms with Crippen LogP contribution in [0.4, 0.5) is 5.69 Å². The average Bonchev–Trinajstić information content (AvgIpc) is 3.22. The van der Waals surface area contributed by atoms with Gasteiger partial charge < -0.3 is 19.9 Å². The third-order valence-corrected chi connectivity index (χ3v) is 5.33. The largest absolute Gasteiger partial charge is 0.497 e. The normalized spacial score (nSPS) is 10.8. The number of nitrogens with one attached hydrogen (secondary N) is 2. The van der Waals surface area contributed by atoms with E-state index in [0.717, 1.165) is 11.3 Å². The number of aromatic nitrogens is 4. The molecule has 0 atom stereocenters. The molecule has 0 spiro atoms. The lowest BCUT2D eigenvalue weighted by Gasteiger charge is -2.12. The number of fused-ring (bicyclic) bond motifs is 1. The van der Waals surface area contributed by atoms with Crippen molar-refractivity contribution in [3.05, 3.63) is 66.2 Å². The van der Waals surface area contributed by atoms with Gasteiger partial charge in [-0.2, -0.15) is 0 Å². The number of methoxy groups -OCH3 is 1. The van der Waals surface area contributed by atoms with Crippen molar-refractivity contribution >= 4 is 28.5 Å². The molecular weight excluding hydrogens is 432 g/mol. The van der Waals surface area contributed by atoms with Crippen molar-refractivity contribution in [2.45, 2.75) is 26.8 Å². The first-order valence-electron chi connectivity index (χ1n) is 11.0. The molecular formula is C25H26N6O3. The second-order valence-electron chi connectivity index (χ2n) is 7.69. The lowest BCUT2D eigenvalue weighted by atomic mass is 10.1. The molecule has 2 aromatic heterocycles. The number of aryl methyl sites for hydroxylation is 1. The number of amides is 2. The van der Waals surface area contributed by atoms with Gasteiger partial charge in [-0.15, -0.1) is 0 Å². The van der Waals surface area contributed by atoms with Crippen molar-refractivity contribution in [3.8, 4) is 17.1 Å². The molecule has 0 saturated heterocycles. The van der Waals surface area contributed by atoms with E-state index in [-0.39, 0.29) is 11.8 Å². The van der Waals surface area contributed by atoms with Crippen LogP contribution in [-0.4, -0.2) is 45.0 Å². The molecule has 34 heavy (non-hydrogen) atoms. The predicted octanol–water partition coefficient (Wildman–Crippen LogP) is 3.45. The van der Waals surface area contributed by atoms with Gasteiger partial charge in [0.15, 0.2) is 0 Å². The molecule has 0 fully saturated rings. The van der Waals surface area contributed by atoms with E-state index in [1.165, 1.54) is 6.92 Å². The van der Waals surface area contributed by atoms with Gasteiger partial charge in [0, 0.05) is 56.3 Å². The predicted molar refractivity (Wildman–Crippen MR) is 130 cm³/mol. The maximum atomic E-state index is 13.3. The Morgan fingerprint density at radius 3 is 2.71 bits per heavy atom. The number of ether oxygens (including phenoxy) is 1. The summed E-state index contributed by atoms with van der Waals surface area (Å²) in [5.74, 6) is 0.947. The highest BCUT2D eigenvalue weighted by atomic mass is 16.5. The Balaban J connectivity index is 1.75. The zero-order valence-corrected chi connectivity index (χ0v) is 19.3. The van der Waals surface area contributed by atoms with E-state index in [1.54, 1.807) is 37.8 Å². The molecule has 174 valence electrons. The molecule has 0 aliphatic carbocycles. The molecule has 0 bridgehead atoms. The highest BCUT2D eigenvalue weighted by Crippen LogP contribution is 2.31. The Morgan fingerprint density at radius 1 is 1.15 bits per heavy atom. The molecule has 2 N–H and O–H groups in total.